The molecule has 16 heavy (non-hydrogen) atoms. The number of thiazole rings is 1. The van der Waals surface area contributed by atoms with Crippen molar-refractivity contribution < 1.29 is 19.8 Å². The van der Waals surface area contributed by atoms with Gasteiger partial charge in [0, 0.05) is 18.2 Å². The average molecular weight is 245 g/mol. The fourth-order valence-corrected chi connectivity index (χ4v) is 1.56. The molecule has 1 rings (SSSR count). The number of nitrogens with one attached hydrogen (secondary N) is 2. The largest absolute Gasteiger partial charge is 0.465 e. The van der Waals surface area contributed by atoms with Crippen LogP contribution >= 0.6 is 11.3 Å². The lowest BCUT2D eigenvalue weighted by molar-refractivity contribution is -0.118. The molecule has 7 nitrogen and oxygen atoms in total. The third-order valence-electron chi connectivity index (χ3n) is 1.69. The summed E-state index contributed by atoms with van der Waals surface area (Å²) in [5, 5.41) is 23.7. The fraction of sp³-hybridized carbons (Fsp3) is 0.375. The Morgan fingerprint density at radius 3 is 2.81 bits per heavy atom. The summed E-state index contributed by atoms with van der Waals surface area (Å²) in [4.78, 5) is 25.8. The molecule has 1 heterocycles. The lowest BCUT2D eigenvalue weighted by Gasteiger charge is -2.14. The summed E-state index contributed by atoms with van der Waals surface area (Å²) in [5.41, 5.74) is 0. The van der Waals surface area contributed by atoms with Crippen molar-refractivity contribution in [3.8, 4) is 0 Å². The van der Waals surface area contributed by atoms with E-state index in [2.05, 4.69) is 10.3 Å². The van der Waals surface area contributed by atoms with E-state index in [4.69, 9.17) is 10.2 Å². The Hall–Kier alpha value is -1.67. The maximum absolute atomic E-state index is 11.6. The Morgan fingerprint density at radius 2 is 2.31 bits per heavy atom. The molecule has 1 aromatic heterocycles. The van der Waals surface area contributed by atoms with Gasteiger partial charge in [-0.05, 0) is 6.42 Å². The number of hydrogen-bond acceptors (Lipinski definition) is 5. The number of carbonyl (C=O) groups excluding carboxylic acids is 1. The van der Waals surface area contributed by atoms with Gasteiger partial charge in [-0.25, -0.2) is 9.78 Å². The molecule has 0 spiro atoms. The summed E-state index contributed by atoms with van der Waals surface area (Å²) in [7, 11) is 0. The first-order valence-electron chi connectivity index (χ1n) is 4.44. The number of aliphatic hydroxyl groups is 1. The third-order valence-corrected chi connectivity index (χ3v) is 2.38. The minimum atomic E-state index is -1.31. The monoisotopic (exact) mass is 245 g/mol. The van der Waals surface area contributed by atoms with Crippen LogP contribution in [0.5, 0.6) is 0 Å². The van der Waals surface area contributed by atoms with Gasteiger partial charge in [-0.2, -0.15) is 0 Å². The SMILES string of the molecule is O=C(O)NC(CCO)C(=O)Nc1nccs1. The molecule has 0 aliphatic carbocycles. The summed E-state index contributed by atoms with van der Waals surface area (Å²) in [6.45, 7) is -0.282. The molecule has 0 saturated carbocycles. The quantitative estimate of drug-likeness (QED) is 0.588. The van der Waals surface area contributed by atoms with Gasteiger partial charge in [0.05, 0.1) is 0 Å². The van der Waals surface area contributed by atoms with Gasteiger partial charge in [-0.1, -0.05) is 0 Å². The van der Waals surface area contributed by atoms with Gasteiger partial charge < -0.3 is 20.8 Å². The van der Waals surface area contributed by atoms with Crippen LogP contribution in [0.3, 0.4) is 0 Å². The molecule has 1 unspecified atom stereocenters. The van der Waals surface area contributed by atoms with Crippen molar-refractivity contribution in [3.05, 3.63) is 11.6 Å². The Bertz CT molecular complexity index is 354. The van der Waals surface area contributed by atoms with Crippen LogP contribution in [-0.4, -0.2) is 39.8 Å². The smallest absolute Gasteiger partial charge is 0.405 e. The predicted molar refractivity (Wildman–Crippen MR) is 57.4 cm³/mol. The van der Waals surface area contributed by atoms with E-state index < -0.39 is 18.0 Å². The molecule has 88 valence electrons. The molecule has 1 atom stereocenters. The molecule has 0 aliphatic heterocycles. The highest BCUT2D eigenvalue weighted by Gasteiger charge is 2.20. The molecule has 2 amide bonds. The van der Waals surface area contributed by atoms with Crippen molar-refractivity contribution in [1.29, 1.82) is 0 Å². The molecule has 0 saturated heterocycles. The molecule has 0 radical (unpaired) electrons. The number of hydrogen-bond donors (Lipinski definition) is 4. The van der Waals surface area contributed by atoms with Crippen molar-refractivity contribution in [2.75, 3.05) is 11.9 Å². The highest BCUT2D eigenvalue weighted by Crippen LogP contribution is 2.10. The van der Waals surface area contributed by atoms with Crippen LogP contribution in [0.1, 0.15) is 6.42 Å². The van der Waals surface area contributed by atoms with E-state index in [1.54, 1.807) is 5.38 Å². The minimum absolute atomic E-state index is 0.0174. The summed E-state index contributed by atoms with van der Waals surface area (Å²) in [6.07, 6.45) is 0.225. The van der Waals surface area contributed by atoms with Crippen molar-refractivity contribution >= 4 is 28.5 Å². The van der Waals surface area contributed by atoms with Gasteiger partial charge >= 0.3 is 6.09 Å². The molecule has 1 aromatic rings. The number of carboxylic acid groups (broad SMARTS) is 1. The van der Waals surface area contributed by atoms with Crippen LogP contribution < -0.4 is 10.6 Å². The van der Waals surface area contributed by atoms with E-state index >= 15 is 0 Å². The standard InChI is InChI=1S/C8H11N3O4S/c12-3-1-5(10-8(14)15)6(13)11-7-9-2-4-16-7/h2,4-5,10,12H,1,3H2,(H,14,15)(H,9,11,13). The molecule has 0 aliphatic rings. The molecule has 0 bridgehead atoms. The zero-order valence-electron chi connectivity index (χ0n) is 8.21. The maximum Gasteiger partial charge on any atom is 0.405 e. The fourth-order valence-electron chi connectivity index (χ4n) is 1.02. The molecular weight excluding hydrogens is 234 g/mol. The van der Waals surface area contributed by atoms with Crippen LogP contribution in [0.25, 0.3) is 0 Å². The topological polar surface area (TPSA) is 112 Å². The summed E-state index contributed by atoms with van der Waals surface area (Å²) in [6, 6.07) is -0.980. The van der Waals surface area contributed by atoms with Gasteiger partial charge in [-0.15, -0.1) is 11.3 Å². The highest BCUT2D eigenvalue weighted by molar-refractivity contribution is 7.13. The van der Waals surface area contributed by atoms with E-state index in [0.717, 1.165) is 0 Å². The van der Waals surface area contributed by atoms with Gasteiger partial charge in [0.25, 0.3) is 0 Å². The van der Waals surface area contributed by atoms with Crippen molar-refractivity contribution in [2.24, 2.45) is 0 Å². The first kappa shape index (κ1) is 12.4. The number of rotatable bonds is 5. The van der Waals surface area contributed by atoms with Crippen molar-refractivity contribution in [1.82, 2.24) is 10.3 Å². The normalized spacial score (nSPS) is 11.8. The van der Waals surface area contributed by atoms with E-state index in [-0.39, 0.29) is 13.0 Å². The molecule has 4 N–H and O–H groups in total. The van der Waals surface area contributed by atoms with E-state index in [1.165, 1.54) is 17.5 Å². The van der Waals surface area contributed by atoms with Crippen LogP contribution in [0.2, 0.25) is 0 Å². The van der Waals surface area contributed by atoms with Crippen molar-refractivity contribution in [3.63, 3.8) is 0 Å². The first-order chi connectivity index (χ1) is 7.63. The lowest BCUT2D eigenvalue weighted by atomic mass is 10.2. The second-order valence-corrected chi connectivity index (χ2v) is 3.74. The second kappa shape index (κ2) is 6.03. The van der Waals surface area contributed by atoms with Crippen LogP contribution in [-0.2, 0) is 4.79 Å². The zero-order chi connectivity index (χ0) is 12.0. The van der Waals surface area contributed by atoms with Gasteiger partial charge in [0.1, 0.15) is 6.04 Å². The molecular formula is C8H11N3O4S. The van der Waals surface area contributed by atoms with Gasteiger partial charge in [0.15, 0.2) is 5.13 Å². The summed E-state index contributed by atoms with van der Waals surface area (Å²) < 4.78 is 0. The Morgan fingerprint density at radius 1 is 1.56 bits per heavy atom. The average Bonchev–Trinajstić information content (AvgIpc) is 2.69. The number of nitrogens with zero attached hydrogens (tertiary/aromatic N) is 1. The highest BCUT2D eigenvalue weighted by atomic mass is 32.1. The predicted octanol–water partition coefficient (Wildman–Crippen LogP) is 0.100. The number of aliphatic hydroxyl groups excluding tert-OH is 1. The van der Waals surface area contributed by atoms with Gasteiger partial charge in [-0.3, -0.25) is 4.79 Å². The summed E-state index contributed by atoms with van der Waals surface area (Å²) >= 11 is 1.22. The molecule has 8 heteroatoms. The second-order valence-electron chi connectivity index (χ2n) is 2.84. The number of carbonyl (C=O) groups is 2. The maximum atomic E-state index is 11.6. The number of anilines is 1. The van der Waals surface area contributed by atoms with Gasteiger partial charge in [0.2, 0.25) is 5.91 Å². The Balaban J connectivity index is 2.56. The number of aromatic nitrogens is 1. The third kappa shape index (κ3) is 3.83. The van der Waals surface area contributed by atoms with Crippen LogP contribution in [0, 0.1) is 0 Å². The van der Waals surface area contributed by atoms with Crippen molar-refractivity contribution in [2.45, 2.75) is 12.5 Å². The zero-order valence-corrected chi connectivity index (χ0v) is 9.03. The van der Waals surface area contributed by atoms with Crippen LogP contribution in [0.4, 0.5) is 9.93 Å². The summed E-state index contributed by atoms with van der Waals surface area (Å²) in [5.74, 6) is -0.536. The van der Waals surface area contributed by atoms with E-state index in [1.807, 2.05) is 5.32 Å². The van der Waals surface area contributed by atoms with Crippen LogP contribution in [0.15, 0.2) is 11.6 Å². The molecule has 0 aromatic carbocycles. The Labute approximate surface area is 95.1 Å². The minimum Gasteiger partial charge on any atom is -0.465 e. The number of amides is 2. The lowest BCUT2D eigenvalue weighted by Crippen LogP contribution is -2.43. The first-order valence-corrected chi connectivity index (χ1v) is 5.32. The van der Waals surface area contributed by atoms with E-state index in [0.29, 0.717) is 5.13 Å². The Kier molecular flexibility index (Phi) is 4.67. The van der Waals surface area contributed by atoms with E-state index in [9.17, 15) is 9.59 Å². The molecule has 0 fully saturated rings.